The van der Waals surface area contributed by atoms with Gasteiger partial charge >= 0.3 is 0 Å². The lowest BCUT2D eigenvalue weighted by atomic mass is 10.1. The summed E-state index contributed by atoms with van der Waals surface area (Å²) in [6.07, 6.45) is 0. The molecule has 1 atom stereocenters. The summed E-state index contributed by atoms with van der Waals surface area (Å²) in [5.41, 5.74) is 2.01. The quantitative estimate of drug-likeness (QED) is 0.727. The fraction of sp³-hybridized carbons (Fsp3) is 0.190. The summed E-state index contributed by atoms with van der Waals surface area (Å²) in [5.74, 6) is 0.778. The van der Waals surface area contributed by atoms with Crippen LogP contribution in [0.2, 0.25) is 0 Å². The van der Waals surface area contributed by atoms with Crippen LogP contribution in [0.4, 0.5) is 5.69 Å². The lowest BCUT2D eigenvalue weighted by Gasteiger charge is -2.14. The molecule has 0 fully saturated rings. The zero-order valence-corrected chi connectivity index (χ0v) is 14.6. The Kier molecular flexibility index (Phi) is 5.31. The van der Waals surface area contributed by atoms with Crippen molar-refractivity contribution in [1.29, 1.82) is 0 Å². The fourth-order valence-electron chi connectivity index (χ4n) is 2.91. The highest BCUT2D eigenvalue weighted by Crippen LogP contribution is 2.15. The van der Waals surface area contributed by atoms with Gasteiger partial charge in [0.1, 0.15) is 12.3 Å². The topological polar surface area (TPSA) is 42.8 Å². The third-order valence-corrected chi connectivity index (χ3v) is 4.16. The summed E-state index contributed by atoms with van der Waals surface area (Å²) in [5, 5.41) is 5.39. The number of amides is 1. The van der Waals surface area contributed by atoms with Crippen LogP contribution < -0.4 is 15.0 Å². The van der Waals surface area contributed by atoms with E-state index in [0.29, 0.717) is 6.54 Å². The van der Waals surface area contributed by atoms with E-state index in [0.717, 1.165) is 22.9 Å². The van der Waals surface area contributed by atoms with E-state index >= 15 is 0 Å². The van der Waals surface area contributed by atoms with Crippen LogP contribution in [0.1, 0.15) is 5.56 Å². The number of methoxy groups -OCH3 is 1. The predicted molar refractivity (Wildman–Crippen MR) is 101 cm³/mol. The molecule has 0 aliphatic heterocycles. The molecule has 1 amide bonds. The van der Waals surface area contributed by atoms with E-state index in [-0.39, 0.29) is 5.91 Å². The van der Waals surface area contributed by atoms with Crippen molar-refractivity contribution in [3.05, 3.63) is 72.3 Å². The fourth-order valence-corrected chi connectivity index (χ4v) is 2.91. The van der Waals surface area contributed by atoms with E-state index in [1.54, 1.807) is 7.11 Å². The Balaban J connectivity index is 1.56. The summed E-state index contributed by atoms with van der Waals surface area (Å²) in [7, 11) is 3.65. The normalized spacial score (nSPS) is 11.9. The highest BCUT2D eigenvalue weighted by molar-refractivity contribution is 5.91. The van der Waals surface area contributed by atoms with Gasteiger partial charge in [0.2, 0.25) is 0 Å². The first-order valence-corrected chi connectivity index (χ1v) is 8.37. The molecule has 0 aliphatic rings. The smallest absolute Gasteiger partial charge is 0.279 e. The van der Waals surface area contributed by atoms with Crippen LogP contribution >= 0.6 is 0 Å². The minimum Gasteiger partial charge on any atom is -0.497 e. The first-order valence-electron chi connectivity index (χ1n) is 8.37. The molecule has 0 bridgehead atoms. The minimum atomic E-state index is 0.00320. The van der Waals surface area contributed by atoms with E-state index in [1.807, 2.05) is 43.4 Å². The Morgan fingerprint density at radius 1 is 1.00 bits per heavy atom. The molecule has 3 aromatic carbocycles. The second-order valence-electron chi connectivity index (χ2n) is 6.27. The SMILES string of the molecule is COc1ccc(NC(=O)C[NH+](C)Cc2ccc3ccccc3c2)cc1. The number of hydrogen-bond acceptors (Lipinski definition) is 2. The summed E-state index contributed by atoms with van der Waals surface area (Å²) in [6.45, 7) is 1.22. The first kappa shape index (κ1) is 17.0. The Morgan fingerprint density at radius 2 is 1.72 bits per heavy atom. The Morgan fingerprint density at radius 3 is 2.44 bits per heavy atom. The Hall–Kier alpha value is -2.85. The number of carbonyl (C=O) groups excluding carboxylic acids is 1. The number of nitrogens with one attached hydrogen (secondary N) is 2. The van der Waals surface area contributed by atoms with Gasteiger partial charge in [0.15, 0.2) is 6.54 Å². The van der Waals surface area contributed by atoms with Crippen LogP contribution in [0.25, 0.3) is 10.8 Å². The second-order valence-corrected chi connectivity index (χ2v) is 6.27. The molecular weight excluding hydrogens is 312 g/mol. The number of benzene rings is 3. The van der Waals surface area contributed by atoms with Crippen molar-refractivity contribution >= 4 is 22.4 Å². The zero-order chi connectivity index (χ0) is 17.6. The van der Waals surface area contributed by atoms with Crippen molar-refractivity contribution in [3.8, 4) is 5.75 Å². The molecule has 0 heterocycles. The van der Waals surface area contributed by atoms with E-state index in [2.05, 4.69) is 35.6 Å². The van der Waals surface area contributed by atoms with Gasteiger partial charge in [-0.3, -0.25) is 4.79 Å². The second kappa shape index (κ2) is 7.81. The van der Waals surface area contributed by atoms with Crippen molar-refractivity contribution in [2.45, 2.75) is 6.54 Å². The molecule has 0 saturated heterocycles. The van der Waals surface area contributed by atoms with Crippen molar-refractivity contribution in [2.24, 2.45) is 0 Å². The zero-order valence-electron chi connectivity index (χ0n) is 14.6. The third kappa shape index (κ3) is 4.58. The van der Waals surface area contributed by atoms with Crippen molar-refractivity contribution in [1.82, 2.24) is 0 Å². The monoisotopic (exact) mass is 335 g/mol. The van der Waals surface area contributed by atoms with Gasteiger partial charge in [0.05, 0.1) is 14.2 Å². The molecule has 0 saturated carbocycles. The number of hydrogen-bond donors (Lipinski definition) is 2. The number of anilines is 1. The Bertz CT molecular complexity index is 859. The highest BCUT2D eigenvalue weighted by atomic mass is 16.5. The maximum Gasteiger partial charge on any atom is 0.279 e. The van der Waals surface area contributed by atoms with Crippen LogP contribution in [-0.2, 0) is 11.3 Å². The van der Waals surface area contributed by atoms with Crippen molar-refractivity contribution < 1.29 is 14.4 Å². The number of carbonyl (C=O) groups is 1. The number of fused-ring (bicyclic) bond motifs is 1. The molecule has 3 aromatic rings. The highest BCUT2D eigenvalue weighted by Gasteiger charge is 2.11. The number of likely N-dealkylation sites (N-methyl/N-ethyl adjacent to an activating group) is 1. The summed E-state index contributed by atoms with van der Waals surface area (Å²) >= 11 is 0. The van der Waals surface area contributed by atoms with Gasteiger partial charge < -0.3 is 15.0 Å². The van der Waals surface area contributed by atoms with Gasteiger partial charge in [-0.2, -0.15) is 0 Å². The standard InChI is InChI=1S/C21H22N2O2/c1-23(14-16-7-8-17-5-3-4-6-18(17)13-16)15-21(24)22-19-9-11-20(25-2)12-10-19/h3-13H,14-15H2,1-2H3,(H,22,24)/p+1. The first-order chi connectivity index (χ1) is 12.1. The number of ether oxygens (including phenoxy) is 1. The van der Waals surface area contributed by atoms with E-state index in [4.69, 9.17) is 4.74 Å². The van der Waals surface area contributed by atoms with Gasteiger partial charge in [-0.05, 0) is 41.1 Å². The van der Waals surface area contributed by atoms with E-state index in [9.17, 15) is 4.79 Å². The molecular formula is C21H23N2O2+. The Labute approximate surface area is 148 Å². The van der Waals surface area contributed by atoms with E-state index in [1.165, 1.54) is 16.3 Å². The minimum absolute atomic E-state index is 0.00320. The average Bonchev–Trinajstić information content (AvgIpc) is 2.62. The molecule has 0 radical (unpaired) electrons. The van der Waals surface area contributed by atoms with Crippen LogP contribution in [0, 0.1) is 0 Å². The van der Waals surface area contributed by atoms with Crippen molar-refractivity contribution in [2.75, 3.05) is 26.0 Å². The maximum absolute atomic E-state index is 12.2. The van der Waals surface area contributed by atoms with Crippen molar-refractivity contribution in [3.63, 3.8) is 0 Å². The van der Waals surface area contributed by atoms with Gasteiger partial charge in [0.25, 0.3) is 5.91 Å². The van der Waals surface area contributed by atoms with Gasteiger partial charge in [0, 0.05) is 11.3 Å². The molecule has 1 unspecified atom stereocenters. The lowest BCUT2D eigenvalue weighted by molar-refractivity contribution is -0.885. The third-order valence-electron chi connectivity index (χ3n) is 4.16. The maximum atomic E-state index is 12.2. The number of rotatable bonds is 6. The molecule has 4 nitrogen and oxygen atoms in total. The van der Waals surface area contributed by atoms with Gasteiger partial charge in [-0.25, -0.2) is 0 Å². The van der Waals surface area contributed by atoms with Crippen LogP contribution in [0.15, 0.2) is 66.7 Å². The summed E-state index contributed by atoms with van der Waals surface area (Å²) in [6, 6.07) is 22.1. The van der Waals surface area contributed by atoms with Crippen LogP contribution in [-0.4, -0.2) is 26.6 Å². The number of quaternary nitrogens is 1. The molecule has 4 heteroatoms. The average molecular weight is 335 g/mol. The summed E-state index contributed by atoms with van der Waals surface area (Å²) in [4.78, 5) is 13.4. The molecule has 0 aromatic heterocycles. The van der Waals surface area contributed by atoms with Gasteiger partial charge in [-0.1, -0.05) is 36.4 Å². The molecule has 0 aliphatic carbocycles. The molecule has 2 N–H and O–H groups in total. The molecule has 3 rings (SSSR count). The lowest BCUT2D eigenvalue weighted by Crippen LogP contribution is -3.08. The van der Waals surface area contributed by atoms with E-state index < -0.39 is 0 Å². The largest absolute Gasteiger partial charge is 0.497 e. The van der Waals surface area contributed by atoms with Crippen LogP contribution in [0.5, 0.6) is 5.75 Å². The predicted octanol–water partition coefficient (Wildman–Crippen LogP) is 2.50. The summed E-state index contributed by atoms with van der Waals surface area (Å²) < 4.78 is 5.12. The molecule has 128 valence electrons. The van der Waals surface area contributed by atoms with Crippen LogP contribution in [0.3, 0.4) is 0 Å². The van der Waals surface area contributed by atoms with Gasteiger partial charge in [-0.15, -0.1) is 0 Å². The molecule has 25 heavy (non-hydrogen) atoms. The molecule has 0 spiro atoms.